The second-order valence-electron chi connectivity index (χ2n) is 5.08. The molecule has 116 valence electrons. The summed E-state index contributed by atoms with van der Waals surface area (Å²) in [7, 11) is 0. The number of ether oxygens (including phenoxy) is 1. The van der Waals surface area contributed by atoms with E-state index in [4.69, 9.17) is 4.74 Å². The molecule has 0 unspecified atom stereocenters. The molecule has 0 fully saturated rings. The molecule has 2 aromatic carbocycles. The second-order valence-corrected chi connectivity index (χ2v) is 5.08. The molecule has 0 aliphatic carbocycles. The van der Waals surface area contributed by atoms with E-state index in [0.29, 0.717) is 13.2 Å². The van der Waals surface area contributed by atoms with Crippen LogP contribution in [0.1, 0.15) is 21.6 Å². The summed E-state index contributed by atoms with van der Waals surface area (Å²) in [5, 5.41) is 13.6. The molecule has 0 amide bonds. The molecular formula is C18H16N2O3. The van der Waals surface area contributed by atoms with E-state index in [-0.39, 0.29) is 11.4 Å². The normalized spacial score (nSPS) is 10.4. The van der Waals surface area contributed by atoms with Crippen LogP contribution < -0.4 is 4.74 Å². The zero-order chi connectivity index (χ0) is 16.1. The zero-order valence-corrected chi connectivity index (χ0v) is 12.4. The summed E-state index contributed by atoms with van der Waals surface area (Å²) < 4.78 is 7.08. The maximum Gasteiger partial charge on any atom is 0.358 e. The van der Waals surface area contributed by atoms with Crippen LogP contribution in [0.5, 0.6) is 5.75 Å². The van der Waals surface area contributed by atoms with Crippen LogP contribution in [0, 0.1) is 0 Å². The van der Waals surface area contributed by atoms with E-state index in [1.54, 1.807) is 0 Å². The molecule has 3 rings (SSSR count). The van der Waals surface area contributed by atoms with E-state index in [1.807, 2.05) is 60.7 Å². The lowest BCUT2D eigenvalue weighted by molar-refractivity contribution is 0.0678. The Balaban J connectivity index is 1.80. The van der Waals surface area contributed by atoms with Crippen molar-refractivity contribution in [2.45, 2.75) is 13.2 Å². The van der Waals surface area contributed by atoms with Gasteiger partial charge in [0.1, 0.15) is 6.61 Å². The highest BCUT2D eigenvalue weighted by molar-refractivity contribution is 5.88. The number of aromatic nitrogens is 2. The molecule has 1 N–H and O–H groups in total. The van der Waals surface area contributed by atoms with Crippen LogP contribution in [-0.2, 0) is 13.2 Å². The lowest BCUT2D eigenvalue weighted by Crippen LogP contribution is -2.12. The minimum atomic E-state index is -1.05. The smallest absolute Gasteiger partial charge is 0.358 e. The van der Waals surface area contributed by atoms with Crippen molar-refractivity contribution in [3.8, 4) is 5.75 Å². The van der Waals surface area contributed by atoms with E-state index < -0.39 is 5.97 Å². The average molecular weight is 308 g/mol. The minimum Gasteiger partial charge on any atom is -0.485 e. The molecule has 0 radical (unpaired) electrons. The van der Waals surface area contributed by atoms with Crippen molar-refractivity contribution in [2.24, 2.45) is 0 Å². The lowest BCUT2D eigenvalue weighted by atomic mass is 10.2. The molecule has 3 aromatic rings. The first kappa shape index (κ1) is 14.8. The number of hydrogen-bond acceptors (Lipinski definition) is 3. The predicted octanol–water partition coefficient (Wildman–Crippen LogP) is 3.21. The third-order valence-electron chi connectivity index (χ3n) is 3.42. The van der Waals surface area contributed by atoms with Crippen molar-refractivity contribution in [3.05, 3.63) is 83.7 Å². The van der Waals surface area contributed by atoms with Crippen LogP contribution in [0.25, 0.3) is 0 Å². The summed E-state index contributed by atoms with van der Waals surface area (Å²) in [6, 6.07) is 19.2. The molecule has 5 nitrogen and oxygen atoms in total. The number of rotatable bonds is 6. The van der Waals surface area contributed by atoms with E-state index in [2.05, 4.69) is 5.10 Å². The third kappa shape index (κ3) is 3.58. The quantitative estimate of drug-likeness (QED) is 0.759. The van der Waals surface area contributed by atoms with E-state index in [1.165, 1.54) is 10.9 Å². The first-order valence-corrected chi connectivity index (χ1v) is 7.24. The van der Waals surface area contributed by atoms with Crippen LogP contribution in [-0.4, -0.2) is 20.9 Å². The molecule has 0 saturated carbocycles. The van der Waals surface area contributed by atoms with Crippen molar-refractivity contribution in [1.29, 1.82) is 0 Å². The van der Waals surface area contributed by atoms with Gasteiger partial charge in [-0.05, 0) is 11.1 Å². The van der Waals surface area contributed by atoms with Crippen LogP contribution in [0.3, 0.4) is 0 Å². The van der Waals surface area contributed by atoms with Gasteiger partial charge >= 0.3 is 5.97 Å². The highest BCUT2D eigenvalue weighted by Gasteiger charge is 2.19. The Kier molecular flexibility index (Phi) is 4.38. The Morgan fingerprint density at radius 2 is 1.61 bits per heavy atom. The van der Waals surface area contributed by atoms with Gasteiger partial charge in [-0.15, -0.1) is 0 Å². The molecule has 5 heteroatoms. The van der Waals surface area contributed by atoms with Crippen molar-refractivity contribution in [1.82, 2.24) is 9.78 Å². The topological polar surface area (TPSA) is 64.3 Å². The Labute approximate surface area is 133 Å². The van der Waals surface area contributed by atoms with Gasteiger partial charge in [-0.1, -0.05) is 60.7 Å². The Morgan fingerprint density at radius 3 is 2.22 bits per heavy atom. The Bertz CT molecular complexity index is 783. The van der Waals surface area contributed by atoms with Crippen molar-refractivity contribution in [2.75, 3.05) is 0 Å². The first-order valence-electron chi connectivity index (χ1n) is 7.24. The monoisotopic (exact) mass is 308 g/mol. The van der Waals surface area contributed by atoms with E-state index in [9.17, 15) is 9.90 Å². The maximum atomic E-state index is 11.6. The third-order valence-corrected chi connectivity index (χ3v) is 3.42. The fourth-order valence-corrected chi connectivity index (χ4v) is 2.30. The molecule has 0 bridgehead atoms. The van der Waals surface area contributed by atoms with E-state index in [0.717, 1.165) is 11.1 Å². The summed E-state index contributed by atoms with van der Waals surface area (Å²) in [4.78, 5) is 11.6. The van der Waals surface area contributed by atoms with Gasteiger partial charge in [0.25, 0.3) is 0 Å². The molecule has 1 aromatic heterocycles. The van der Waals surface area contributed by atoms with Gasteiger partial charge in [0, 0.05) is 0 Å². The van der Waals surface area contributed by atoms with Crippen LogP contribution in [0.2, 0.25) is 0 Å². The highest BCUT2D eigenvalue weighted by Crippen LogP contribution is 2.20. The van der Waals surface area contributed by atoms with Gasteiger partial charge < -0.3 is 9.84 Å². The number of aromatic carboxylic acids is 1. The molecule has 0 spiro atoms. The van der Waals surface area contributed by atoms with Gasteiger partial charge in [0.2, 0.25) is 0 Å². The number of carboxylic acid groups (broad SMARTS) is 1. The minimum absolute atomic E-state index is 0.0600. The van der Waals surface area contributed by atoms with Crippen LogP contribution in [0.15, 0.2) is 66.9 Å². The fraction of sp³-hybridized carbons (Fsp3) is 0.111. The number of carbonyl (C=O) groups is 1. The number of hydrogen-bond donors (Lipinski definition) is 1. The Hall–Kier alpha value is -3.08. The lowest BCUT2D eigenvalue weighted by Gasteiger charge is -2.08. The number of carboxylic acids is 1. The summed E-state index contributed by atoms with van der Waals surface area (Å²) in [6.45, 7) is 0.690. The van der Waals surface area contributed by atoms with E-state index >= 15 is 0 Å². The molecule has 0 aliphatic heterocycles. The van der Waals surface area contributed by atoms with Crippen LogP contribution >= 0.6 is 0 Å². The second kappa shape index (κ2) is 6.79. The van der Waals surface area contributed by atoms with Gasteiger partial charge in [-0.3, -0.25) is 4.68 Å². The van der Waals surface area contributed by atoms with Gasteiger partial charge in [-0.2, -0.15) is 5.10 Å². The molecule has 0 saturated heterocycles. The number of nitrogens with zero attached hydrogens (tertiary/aromatic N) is 2. The van der Waals surface area contributed by atoms with Gasteiger partial charge in [-0.25, -0.2) is 4.79 Å². The molecular weight excluding hydrogens is 292 g/mol. The summed E-state index contributed by atoms with van der Waals surface area (Å²) in [6.07, 6.45) is 1.45. The van der Waals surface area contributed by atoms with Crippen molar-refractivity contribution >= 4 is 5.97 Å². The average Bonchev–Trinajstić information content (AvgIpc) is 2.98. The van der Waals surface area contributed by atoms with Gasteiger partial charge in [0.15, 0.2) is 11.4 Å². The van der Waals surface area contributed by atoms with Crippen molar-refractivity contribution in [3.63, 3.8) is 0 Å². The highest BCUT2D eigenvalue weighted by atomic mass is 16.5. The SMILES string of the molecule is O=C(O)c1c(OCc2ccccc2)cnn1Cc1ccccc1. The fourth-order valence-electron chi connectivity index (χ4n) is 2.30. The molecule has 23 heavy (non-hydrogen) atoms. The van der Waals surface area contributed by atoms with Gasteiger partial charge in [0.05, 0.1) is 12.7 Å². The largest absolute Gasteiger partial charge is 0.485 e. The summed E-state index contributed by atoms with van der Waals surface area (Å²) in [5.74, 6) is -0.779. The summed E-state index contributed by atoms with van der Waals surface area (Å²) >= 11 is 0. The molecule has 1 heterocycles. The standard InChI is InChI=1S/C18H16N2O3/c21-18(22)17-16(23-13-15-9-5-2-6-10-15)11-19-20(17)12-14-7-3-1-4-8-14/h1-11H,12-13H2,(H,21,22). The Morgan fingerprint density at radius 1 is 1.00 bits per heavy atom. The van der Waals surface area contributed by atoms with Crippen LogP contribution in [0.4, 0.5) is 0 Å². The number of benzene rings is 2. The first-order chi connectivity index (χ1) is 11.2. The predicted molar refractivity (Wildman–Crippen MR) is 85.5 cm³/mol. The summed E-state index contributed by atoms with van der Waals surface area (Å²) in [5.41, 5.74) is 2.01. The van der Waals surface area contributed by atoms with Crippen molar-refractivity contribution < 1.29 is 14.6 Å². The zero-order valence-electron chi connectivity index (χ0n) is 12.4. The molecule has 0 atom stereocenters. The molecule has 0 aliphatic rings. The maximum absolute atomic E-state index is 11.6.